The Morgan fingerprint density at radius 2 is 1.59 bits per heavy atom. The van der Waals surface area contributed by atoms with Crippen LogP contribution < -0.4 is 0 Å². The molecular weight excluding hydrogens is 349 g/mol. The molecule has 0 aliphatic heterocycles. The Kier molecular flexibility index (Phi) is 5.34. The van der Waals surface area contributed by atoms with Gasteiger partial charge in [0, 0.05) is 5.56 Å². The van der Waals surface area contributed by atoms with E-state index in [0.717, 1.165) is 29.8 Å². The molecule has 1 aliphatic carbocycles. The smallest absolute Gasteiger partial charge is 0.168 e. The lowest BCUT2D eigenvalue weighted by Gasteiger charge is -2.42. The number of fused-ring (bicyclic) bond motifs is 1. The average molecular weight is 382 g/mol. The highest BCUT2D eigenvalue weighted by Gasteiger charge is 2.37. The maximum Gasteiger partial charge on any atom is 0.168 e. The van der Waals surface area contributed by atoms with Crippen molar-refractivity contribution in [2.24, 2.45) is 0 Å². The lowest BCUT2D eigenvalue weighted by Crippen LogP contribution is -2.33. The topological polar surface area (TPSA) is 30.0 Å². The van der Waals surface area contributed by atoms with Crippen LogP contribution in [0.1, 0.15) is 84.0 Å². The summed E-state index contributed by atoms with van der Waals surface area (Å²) in [5, 5.41) is -0.383. The van der Waals surface area contributed by atoms with E-state index in [1.807, 2.05) is 6.07 Å². The second-order valence-corrected chi connectivity index (χ2v) is 10.3. The van der Waals surface area contributed by atoms with Crippen LogP contribution in [0.15, 0.2) is 36.4 Å². The molecule has 27 heavy (non-hydrogen) atoms. The van der Waals surface area contributed by atoms with Crippen LogP contribution in [0.4, 0.5) is 0 Å². The normalized spacial score (nSPS) is 18.3. The molecule has 144 valence electrons. The number of hydrogen-bond acceptors (Lipinski definition) is 2. The second-order valence-electron chi connectivity index (χ2n) is 9.27. The summed E-state index contributed by atoms with van der Waals surface area (Å²) >= 11 is 0. The quantitative estimate of drug-likeness (QED) is 0.505. The lowest BCUT2D eigenvalue weighted by atomic mass is 9.63. The van der Waals surface area contributed by atoms with E-state index in [1.165, 1.54) is 24.0 Å². The fourth-order valence-electron chi connectivity index (χ4n) is 4.39. The zero-order valence-electron chi connectivity index (χ0n) is 17.6. The van der Waals surface area contributed by atoms with Gasteiger partial charge in [0.15, 0.2) is 8.46 Å². The van der Waals surface area contributed by atoms with Crippen LogP contribution in [0.25, 0.3) is 11.3 Å². The van der Waals surface area contributed by atoms with E-state index in [9.17, 15) is 4.57 Å². The van der Waals surface area contributed by atoms with Crippen molar-refractivity contribution in [3.05, 3.63) is 53.2 Å². The molecule has 1 aliphatic rings. The number of pyridine rings is 1. The summed E-state index contributed by atoms with van der Waals surface area (Å²) in [5.74, 6) is 0. The van der Waals surface area contributed by atoms with E-state index in [4.69, 9.17) is 4.98 Å². The first-order valence-electron chi connectivity index (χ1n) is 10.2. The van der Waals surface area contributed by atoms with Crippen LogP contribution in [0.2, 0.25) is 0 Å². The van der Waals surface area contributed by atoms with Crippen molar-refractivity contribution in [1.29, 1.82) is 0 Å². The van der Waals surface area contributed by atoms with Crippen molar-refractivity contribution in [1.82, 2.24) is 4.98 Å². The average Bonchev–Trinajstić information content (AvgIpc) is 2.67. The minimum absolute atomic E-state index is 0.155. The molecule has 1 heterocycles. The molecule has 0 saturated carbocycles. The number of benzene rings is 1. The maximum atomic E-state index is 11.9. The summed E-state index contributed by atoms with van der Waals surface area (Å²) < 4.78 is 11.9. The number of aromatic nitrogens is 1. The fourth-order valence-corrected chi connectivity index (χ4v) is 4.87. The van der Waals surface area contributed by atoms with Gasteiger partial charge in [-0.15, -0.1) is 0 Å². The predicted octanol–water partition coefficient (Wildman–Crippen LogP) is 7.40. The van der Waals surface area contributed by atoms with Crippen molar-refractivity contribution in [2.75, 3.05) is 0 Å². The molecule has 1 aromatic heterocycles. The molecule has 0 saturated heterocycles. The van der Waals surface area contributed by atoms with Gasteiger partial charge in [-0.25, -0.2) is 0 Å². The van der Waals surface area contributed by atoms with Gasteiger partial charge in [0.1, 0.15) is 0 Å². The standard InChI is InChI=1S/C24H32NOP/c1-7-24(8-2,27-26)21-11-9-10-20(25-21)17-12-13-18-19(16-17)23(5,6)15-14-22(18,3)4/h9-13,16H,7-8,14-15H2,1-6H3. The van der Waals surface area contributed by atoms with Crippen LogP contribution in [0, 0.1) is 0 Å². The molecule has 0 fully saturated rings. The third kappa shape index (κ3) is 3.49. The molecule has 3 heteroatoms. The van der Waals surface area contributed by atoms with Crippen LogP contribution in [-0.2, 0) is 20.6 Å². The number of nitrogens with zero attached hydrogens (tertiary/aromatic N) is 1. The SMILES string of the molecule is CCC(CC)(P=O)c1cccc(-c2ccc3c(c2)C(C)(C)CCC3(C)C)n1. The summed E-state index contributed by atoms with van der Waals surface area (Å²) in [5.41, 5.74) is 6.38. The molecule has 3 rings (SSSR count). The second kappa shape index (κ2) is 7.13. The fraction of sp³-hybridized carbons (Fsp3) is 0.542. The Hall–Kier alpha value is -1.53. The number of rotatable bonds is 5. The first-order chi connectivity index (χ1) is 12.7. The van der Waals surface area contributed by atoms with Gasteiger partial charge in [-0.05, 0) is 65.8 Å². The summed E-state index contributed by atoms with van der Waals surface area (Å²) in [6.07, 6.45) is 4.05. The van der Waals surface area contributed by atoms with Crippen molar-refractivity contribution in [3.63, 3.8) is 0 Å². The van der Waals surface area contributed by atoms with Gasteiger partial charge in [0.25, 0.3) is 0 Å². The van der Waals surface area contributed by atoms with Crippen LogP contribution in [0.5, 0.6) is 0 Å². The maximum absolute atomic E-state index is 11.9. The van der Waals surface area contributed by atoms with Gasteiger partial charge >= 0.3 is 0 Å². The highest BCUT2D eigenvalue weighted by Crippen LogP contribution is 2.47. The molecule has 0 N–H and O–H groups in total. The van der Waals surface area contributed by atoms with Gasteiger partial charge in [-0.2, -0.15) is 0 Å². The van der Waals surface area contributed by atoms with Gasteiger partial charge in [-0.3, -0.25) is 9.55 Å². The Labute approximate surface area is 166 Å². The Balaban J connectivity index is 2.11. The molecule has 0 amide bonds. The summed E-state index contributed by atoms with van der Waals surface area (Å²) in [6.45, 7) is 13.6. The summed E-state index contributed by atoms with van der Waals surface area (Å²) in [4.78, 5) is 4.95. The first-order valence-corrected chi connectivity index (χ1v) is 11.0. The first kappa shape index (κ1) is 20.2. The molecule has 2 nitrogen and oxygen atoms in total. The van der Waals surface area contributed by atoms with Crippen molar-refractivity contribution >= 4 is 8.46 Å². The Morgan fingerprint density at radius 3 is 2.19 bits per heavy atom. The third-order valence-corrected chi connectivity index (χ3v) is 7.93. The highest BCUT2D eigenvalue weighted by molar-refractivity contribution is 7.25. The highest BCUT2D eigenvalue weighted by atomic mass is 31.1. The zero-order valence-corrected chi connectivity index (χ0v) is 18.5. The Morgan fingerprint density at radius 1 is 0.963 bits per heavy atom. The van der Waals surface area contributed by atoms with Crippen LogP contribution in [-0.4, -0.2) is 4.98 Å². The van der Waals surface area contributed by atoms with Gasteiger partial charge in [0.2, 0.25) is 0 Å². The van der Waals surface area contributed by atoms with Crippen LogP contribution >= 0.6 is 8.46 Å². The van der Waals surface area contributed by atoms with Gasteiger partial charge < -0.3 is 0 Å². The monoisotopic (exact) mass is 381 g/mol. The van der Waals surface area contributed by atoms with Crippen molar-refractivity contribution < 1.29 is 4.57 Å². The van der Waals surface area contributed by atoms with Gasteiger partial charge in [0.05, 0.1) is 16.5 Å². The molecule has 0 spiro atoms. The molecule has 0 atom stereocenters. The lowest BCUT2D eigenvalue weighted by molar-refractivity contribution is 0.332. The largest absolute Gasteiger partial charge is 0.274 e. The molecule has 2 aromatic rings. The van der Waals surface area contributed by atoms with E-state index >= 15 is 0 Å². The van der Waals surface area contributed by atoms with Gasteiger partial charge in [-0.1, -0.05) is 59.7 Å². The van der Waals surface area contributed by atoms with E-state index < -0.39 is 0 Å². The molecule has 0 bridgehead atoms. The van der Waals surface area contributed by atoms with Crippen molar-refractivity contribution in [3.8, 4) is 11.3 Å². The summed E-state index contributed by atoms with van der Waals surface area (Å²) in [6, 6.07) is 13.0. The molecule has 0 radical (unpaired) electrons. The van der Waals surface area contributed by atoms with E-state index in [2.05, 4.69) is 71.9 Å². The van der Waals surface area contributed by atoms with Crippen molar-refractivity contribution in [2.45, 2.75) is 83.2 Å². The minimum Gasteiger partial charge on any atom is -0.274 e. The summed E-state index contributed by atoms with van der Waals surface area (Å²) in [7, 11) is 0.155. The molecule has 0 unspecified atom stereocenters. The van der Waals surface area contributed by atoms with E-state index in [0.29, 0.717) is 0 Å². The zero-order chi connectivity index (χ0) is 19.9. The predicted molar refractivity (Wildman–Crippen MR) is 115 cm³/mol. The number of hydrogen-bond donors (Lipinski definition) is 0. The molecular formula is C24H32NOP. The van der Waals surface area contributed by atoms with E-state index in [1.54, 1.807) is 0 Å². The van der Waals surface area contributed by atoms with Crippen LogP contribution in [0.3, 0.4) is 0 Å². The van der Waals surface area contributed by atoms with E-state index in [-0.39, 0.29) is 24.4 Å². The third-order valence-electron chi connectivity index (χ3n) is 6.72. The Bertz CT molecular complexity index is 849. The minimum atomic E-state index is -0.383. The molecule has 1 aromatic carbocycles.